The Morgan fingerprint density at radius 1 is 1.75 bits per heavy atom. The molecule has 0 radical (unpaired) electrons. The highest BCUT2D eigenvalue weighted by Crippen LogP contribution is 2.11. The molecular weight excluding hydrogens is 198 g/mol. The lowest BCUT2D eigenvalue weighted by atomic mass is 10.9. The Labute approximate surface area is 73.7 Å². The van der Waals surface area contributed by atoms with Gasteiger partial charge in [-0.1, -0.05) is 0 Å². The zero-order chi connectivity index (χ0) is 9.03. The topological polar surface area (TPSA) is 82.8 Å². The first kappa shape index (κ1) is 8.96. The lowest BCUT2D eigenvalue weighted by molar-refractivity contribution is 0.604. The fourth-order valence-corrected chi connectivity index (χ4v) is 2.03. The van der Waals surface area contributed by atoms with E-state index in [0.717, 1.165) is 11.3 Å². The van der Waals surface area contributed by atoms with Crippen LogP contribution in [0.5, 0.6) is 0 Å². The van der Waals surface area contributed by atoms with Gasteiger partial charge in [-0.05, 0) is 0 Å². The van der Waals surface area contributed by atoms with E-state index in [2.05, 4.69) is 9.71 Å². The van der Waals surface area contributed by atoms with Gasteiger partial charge in [-0.3, -0.25) is 4.72 Å². The summed E-state index contributed by atoms with van der Waals surface area (Å²) in [7, 11) is -3.52. The van der Waals surface area contributed by atoms with Crippen molar-refractivity contribution < 1.29 is 8.42 Å². The Morgan fingerprint density at radius 2 is 2.50 bits per heavy atom. The van der Waals surface area contributed by atoms with Crippen LogP contribution in [0.1, 0.15) is 0 Å². The second kappa shape index (κ2) is 3.51. The average molecular weight is 203 g/mol. The molecule has 0 atom stereocenters. The molecule has 1 heterocycles. The van der Waals surface area contributed by atoms with Gasteiger partial charge in [0.25, 0.3) is 0 Å². The summed E-state index contributed by atoms with van der Waals surface area (Å²) in [6.07, 6.45) is 1.48. The largest absolute Gasteiger partial charge is 0.258 e. The van der Waals surface area contributed by atoms with E-state index in [4.69, 9.17) is 5.26 Å². The van der Waals surface area contributed by atoms with Gasteiger partial charge in [0.1, 0.15) is 0 Å². The molecule has 5 nitrogen and oxygen atoms in total. The molecule has 0 saturated heterocycles. The van der Waals surface area contributed by atoms with E-state index in [0.29, 0.717) is 0 Å². The molecule has 0 aliphatic rings. The number of nitrogens with one attached hydrogen (secondary N) is 1. The minimum Gasteiger partial charge on any atom is -0.258 e. The Hall–Kier alpha value is -1.13. The lowest BCUT2D eigenvalue weighted by Crippen LogP contribution is -2.15. The van der Waals surface area contributed by atoms with E-state index >= 15 is 0 Å². The number of nitriles is 1. The number of sulfonamides is 1. The highest BCUT2D eigenvalue weighted by atomic mass is 32.2. The molecule has 0 bridgehead atoms. The number of hydrogen-bond acceptors (Lipinski definition) is 5. The van der Waals surface area contributed by atoms with Crippen molar-refractivity contribution in [2.24, 2.45) is 0 Å². The summed E-state index contributed by atoms with van der Waals surface area (Å²) in [5.41, 5.74) is 0. The summed E-state index contributed by atoms with van der Waals surface area (Å²) in [5, 5.41) is 10.1. The van der Waals surface area contributed by atoms with Crippen LogP contribution in [-0.4, -0.2) is 19.2 Å². The third-order valence-electron chi connectivity index (χ3n) is 0.930. The SMILES string of the molecule is N#CCS(=O)(=O)Nc1nccs1. The first-order valence-corrected chi connectivity index (χ1v) is 5.44. The van der Waals surface area contributed by atoms with E-state index in [1.807, 2.05) is 0 Å². The van der Waals surface area contributed by atoms with Gasteiger partial charge in [0.05, 0.1) is 6.07 Å². The molecule has 0 saturated carbocycles. The van der Waals surface area contributed by atoms with Crippen molar-refractivity contribution >= 4 is 26.5 Å². The van der Waals surface area contributed by atoms with Crippen LogP contribution in [0.2, 0.25) is 0 Å². The average Bonchev–Trinajstić information content (AvgIpc) is 2.38. The molecule has 0 fully saturated rings. The number of thiazole rings is 1. The van der Waals surface area contributed by atoms with Crippen LogP contribution in [0.15, 0.2) is 11.6 Å². The maximum absolute atomic E-state index is 10.9. The van der Waals surface area contributed by atoms with Gasteiger partial charge in [0, 0.05) is 11.6 Å². The molecule has 0 spiro atoms. The first-order valence-electron chi connectivity index (χ1n) is 2.91. The third kappa shape index (κ3) is 2.48. The van der Waals surface area contributed by atoms with Crippen LogP contribution in [-0.2, 0) is 10.0 Å². The van der Waals surface area contributed by atoms with Crippen molar-refractivity contribution in [2.75, 3.05) is 10.5 Å². The van der Waals surface area contributed by atoms with Crippen molar-refractivity contribution in [3.8, 4) is 6.07 Å². The molecule has 1 N–H and O–H groups in total. The molecule has 1 aromatic rings. The maximum Gasteiger partial charge on any atom is 0.247 e. The molecule has 12 heavy (non-hydrogen) atoms. The molecule has 0 amide bonds. The molecule has 0 aromatic carbocycles. The standard InChI is InChI=1S/C5H5N3O2S2/c6-1-4-12(9,10)8-5-7-2-3-11-5/h2-3H,4H2,(H,7,8). The summed E-state index contributed by atoms with van der Waals surface area (Å²) in [5.74, 6) is -0.549. The van der Waals surface area contributed by atoms with E-state index in [-0.39, 0.29) is 5.13 Å². The minimum absolute atomic E-state index is 0.283. The van der Waals surface area contributed by atoms with Crippen molar-refractivity contribution in [3.05, 3.63) is 11.6 Å². The minimum atomic E-state index is -3.52. The van der Waals surface area contributed by atoms with E-state index in [9.17, 15) is 8.42 Å². The van der Waals surface area contributed by atoms with Crippen LogP contribution in [0, 0.1) is 11.3 Å². The lowest BCUT2D eigenvalue weighted by Gasteiger charge is -1.98. The highest BCUT2D eigenvalue weighted by Gasteiger charge is 2.09. The van der Waals surface area contributed by atoms with E-state index in [1.165, 1.54) is 6.20 Å². The molecule has 0 aliphatic heterocycles. The van der Waals surface area contributed by atoms with Gasteiger partial charge in [0.15, 0.2) is 10.9 Å². The van der Waals surface area contributed by atoms with Crippen LogP contribution < -0.4 is 4.72 Å². The quantitative estimate of drug-likeness (QED) is 0.771. The van der Waals surface area contributed by atoms with Crippen LogP contribution >= 0.6 is 11.3 Å². The number of anilines is 1. The van der Waals surface area contributed by atoms with Gasteiger partial charge >= 0.3 is 0 Å². The Bertz CT molecular complexity index is 375. The van der Waals surface area contributed by atoms with Gasteiger partial charge in [-0.25, -0.2) is 13.4 Å². The summed E-state index contributed by atoms with van der Waals surface area (Å²) in [6, 6.07) is 1.55. The number of nitrogens with zero attached hydrogens (tertiary/aromatic N) is 2. The monoisotopic (exact) mass is 203 g/mol. The third-order valence-corrected chi connectivity index (χ3v) is 2.76. The number of hydrogen-bond donors (Lipinski definition) is 1. The van der Waals surface area contributed by atoms with Crippen LogP contribution in [0.25, 0.3) is 0 Å². The Morgan fingerprint density at radius 3 is 3.00 bits per heavy atom. The van der Waals surface area contributed by atoms with Crippen LogP contribution in [0.3, 0.4) is 0 Å². The fourth-order valence-electron chi connectivity index (χ4n) is 0.528. The molecule has 64 valence electrons. The normalized spacial score (nSPS) is 10.6. The smallest absolute Gasteiger partial charge is 0.247 e. The van der Waals surface area contributed by atoms with E-state index < -0.39 is 15.8 Å². The molecular formula is C5H5N3O2S2. The number of aromatic nitrogens is 1. The number of rotatable bonds is 3. The molecule has 7 heteroatoms. The fraction of sp³-hybridized carbons (Fsp3) is 0.200. The van der Waals surface area contributed by atoms with Gasteiger partial charge < -0.3 is 0 Å². The van der Waals surface area contributed by atoms with Crippen molar-refractivity contribution in [1.29, 1.82) is 5.26 Å². The maximum atomic E-state index is 10.9. The predicted molar refractivity (Wildman–Crippen MR) is 45.1 cm³/mol. The summed E-state index contributed by atoms with van der Waals surface area (Å²) >= 11 is 1.16. The summed E-state index contributed by atoms with van der Waals surface area (Å²) < 4.78 is 24.0. The molecule has 0 aliphatic carbocycles. The van der Waals surface area contributed by atoms with Gasteiger partial charge in [-0.2, -0.15) is 5.26 Å². The first-order chi connectivity index (χ1) is 5.64. The van der Waals surface area contributed by atoms with Crippen LogP contribution in [0.4, 0.5) is 5.13 Å². The molecule has 1 aromatic heterocycles. The molecule has 1 rings (SSSR count). The van der Waals surface area contributed by atoms with E-state index in [1.54, 1.807) is 11.4 Å². The zero-order valence-corrected chi connectivity index (χ0v) is 7.52. The predicted octanol–water partition coefficient (Wildman–Crippen LogP) is 0.408. The van der Waals surface area contributed by atoms with Crippen molar-refractivity contribution in [1.82, 2.24) is 4.98 Å². The van der Waals surface area contributed by atoms with Gasteiger partial charge in [-0.15, -0.1) is 11.3 Å². The second-order valence-corrected chi connectivity index (χ2v) is 4.47. The Balaban J connectivity index is 2.71. The van der Waals surface area contributed by atoms with Crippen molar-refractivity contribution in [3.63, 3.8) is 0 Å². The summed E-state index contributed by atoms with van der Waals surface area (Å²) in [6.45, 7) is 0. The van der Waals surface area contributed by atoms with Gasteiger partial charge in [0.2, 0.25) is 10.0 Å². The Kier molecular flexibility index (Phi) is 2.62. The zero-order valence-electron chi connectivity index (χ0n) is 5.89. The highest BCUT2D eigenvalue weighted by molar-refractivity contribution is 7.93. The second-order valence-electron chi connectivity index (χ2n) is 1.86. The molecule has 0 unspecified atom stereocenters. The summed E-state index contributed by atoms with van der Waals surface area (Å²) in [4.78, 5) is 3.70. The van der Waals surface area contributed by atoms with Crippen molar-refractivity contribution in [2.45, 2.75) is 0 Å².